The molecule has 0 bridgehead atoms. The molecule has 1 aliphatic rings. The van der Waals surface area contributed by atoms with E-state index in [2.05, 4.69) is 13.0 Å². The Balaban J connectivity index is 2.12. The van der Waals surface area contributed by atoms with Crippen LogP contribution in [0.25, 0.3) is 0 Å². The zero-order valence-corrected chi connectivity index (χ0v) is 9.61. The summed E-state index contributed by atoms with van der Waals surface area (Å²) in [6.45, 7) is 2.20. The van der Waals surface area contributed by atoms with Crippen molar-refractivity contribution in [1.82, 2.24) is 0 Å². The second-order valence-electron chi connectivity index (χ2n) is 4.44. The zero-order valence-electron chi connectivity index (χ0n) is 9.61. The Morgan fingerprint density at radius 2 is 2.20 bits per heavy atom. The third-order valence-corrected chi connectivity index (χ3v) is 2.97. The number of unbranched alkanes of at least 4 members (excludes halogenated alkanes) is 4. The first-order chi connectivity index (χ1) is 7.24. The van der Waals surface area contributed by atoms with Gasteiger partial charge in [-0.05, 0) is 19.3 Å². The summed E-state index contributed by atoms with van der Waals surface area (Å²) in [6.07, 6.45) is 10.8. The highest BCUT2D eigenvalue weighted by molar-refractivity contribution is 5.85. The lowest BCUT2D eigenvalue weighted by atomic mass is 10.1. The van der Waals surface area contributed by atoms with E-state index in [0.29, 0.717) is 12.8 Å². The van der Waals surface area contributed by atoms with Gasteiger partial charge in [0, 0.05) is 12.3 Å². The van der Waals surface area contributed by atoms with Gasteiger partial charge in [0.2, 0.25) is 0 Å². The van der Waals surface area contributed by atoms with Crippen molar-refractivity contribution in [2.45, 2.75) is 58.0 Å². The Morgan fingerprint density at radius 3 is 2.80 bits per heavy atom. The topological polar surface area (TPSA) is 37.3 Å². The van der Waals surface area contributed by atoms with Gasteiger partial charge in [-0.25, -0.2) is 0 Å². The minimum absolute atomic E-state index is 0.00817. The van der Waals surface area contributed by atoms with Gasteiger partial charge >= 0.3 is 0 Å². The average Bonchev–Trinajstić information content (AvgIpc) is 2.51. The molecule has 0 amide bonds. The minimum Gasteiger partial charge on any atom is -0.393 e. The van der Waals surface area contributed by atoms with E-state index in [1.54, 1.807) is 0 Å². The Kier molecular flexibility index (Phi) is 5.62. The Labute approximate surface area is 92.4 Å². The van der Waals surface area contributed by atoms with Gasteiger partial charge in [-0.15, -0.1) is 0 Å². The maximum absolute atomic E-state index is 11.3. The fourth-order valence-corrected chi connectivity index (χ4v) is 2.03. The van der Waals surface area contributed by atoms with Crippen molar-refractivity contribution < 1.29 is 9.90 Å². The van der Waals surface area contributed by atoms with Crippen LogP contribution < -0.4 is 0 Å². The zero-order chi connectivity index (χ0) is 11.1. The van der Waals surface area contributed by atoms with Gasteiger partial charge in [-0.3, -0.25) is 4.79 Å². The van der Waals surface area contributed by atoms with Gasteiger partial charge < -0.3 is 5.11 Å². The van der Waals surface area contributed by atoms with Crippen LogP contribution in [-0.2, 0) is 4.79 Å². The van der Waals surface area contributed by atoms with Gasteiger partial charge in [0.1, 0.15) is 5.78 Å². The summed E-state index contributed by atoms with van der Waals surface area (Å²) in [5.74, 6) is 0.193. The second kappa shape index (κ2) is 6.78. The first-order valence-corrected chi connectivity index (χ1v) is 6.11. The summed E-state index contributed by atoms with van der Waals surface area (Å²) >= 11 is 0. The fourth-order valence-electron chi connectivity index (χ4n) is 2.03. The third kappa shape index (κ3) is 4.61. The molecule has 0 aromatic rings. The summed E-state index contributed by atoms with van der Waals surface area (Å²) in [6, 6.07) is 0. The predicted molar refractivity (Wildman–Crippen MR) is 61.6 cm³/mol. The van der Waals surface area contributed by atoms with Crippen LogP contribution >= 0.6 is 0 Å². The molecule has 0 heterocycles. The molecule has 0 saturated heterocycles. The Morgan fingerprint density at radius 1 is 1.40 bits per heavy atom. The normalized spacial score (nSPS) is 26.7. The molecule has 0 aromatic carbocycles. The molecule has 0 aliphatic heterocycles. The maximum Gasteiger partial charge on any atom is 0.142 e. The minimum atomic E-state index is -0.396. The van der Waals surface area contributed by atoms with Gasteiger partial charge in [-0.1, -0.05) is 38.3 Å². The van der Waals surface area contributed by atoms with E-state index >= 15 is 0 Å². The van der Waals surface area contributed by atoms with Crippen molar-refractivity contribution in [3.63, 3.8) is 0 Å². The molecule has 2 atom stereocenters. The number of ketones is 1. The molecular weight excluding hydrogens is 188 g/mol. The van der Waals surface area contributed by atoms with E-state index in [1.165, 1.54) is 25.7 Å². The second-order valence-corrected chi connectivity index (χ2v) is 4.44. The average molecular weight is 210 g/mol. The molecule has 86 valence electrons. The molecular formula is C13H22O2. The van der Waals surface area contributed by atoms with Crippen molar-refractivity contribution in [2.75, 3.05) is 0 Å². The molecule has 2 nitrogen and oxygen atoms in total. The molecule has 1 unspecified atom stereocenters. The molecule has 1 fully saturated rings. The quantitative estimate of drug-likeness (QED) is 0.540. The monoisotopic (exact) mass is 210 g/mol. The molecule has 1 rings (SSSR count). The lowest BCUT2D eigenvalue weighted by molar-refractivity contribution is -0.119. The van der Waals surface area contributed by atoms with Crippen molar-refractivity contribution in [3.8, 4) is 0 Å². The molecule has 2 heteroatoms. The number of aliphatic hydroxyl groups excluding tert-OH is 1. The molecule has 1 aliphatic carbocycles. The molecule has 0 spiro atoms. The van der Waals surface area contributed by atoms with E-state index in [-0.39, 0.29) is 11.7 Å². The summed E-state index contributed by atoms with van der Waals surface area (Å²) in [4.78, 5) is 11.3. The van der Waals surface area contributed by atoms with Crippen molar-refractivity contribution in [3.05, 3.63) is 12.2 Å². The summed E-state index contributed by atoms with van der Waals surface area (Å²) < 4.78 is 0. The summed E-state index contributed by atoms with van der Waals surface area (Å²) in [5, 5.41) is 9.29. The number of hydrogen-bond acceptors (Lipinski definition) is 2. The fraction of sp³-hybridized carbons (Fsp3) is 0.769. The number of carbonyl (C=O) groups excluding carboxylic acids is 1. The van der Waals surface area contributed by atoms with E-state index in [9.17, 15) is 9.90 Å². The van der Waals surface area contributed by atoms with E-state index < -0.39 is 6.10 Å². The smallest absolute Gasteiger partial charge is 0.142 e. The number of aliphatic hydroxyl groups is 1. The first-order valence-electron chi connectivity index (χ1n) is 6.11. The first kappa shape index (κ1) is 12.4. The summed E-state index contributed by atoms with van der Waals surface area (Å²) in [7, 11) is 0. The maximum atomic E-state index is 11.3. The van der Waals surface area contributed by atoms with Crippen LogP contribution in [0, 0.1) is 5.92 Å². The Bertz CT molecular complexity index is 221. The number of allylic oxidation sites excluding steroid dienone is 2. The van der Waals surface area contributed by atoms with Crippen LogP contribution in [0.15, 0.2) is 12.2 Å². The van der Waals surface area contributed by atoms with Crippen LogP contribution in [0.4, 0.5) is 0 Å². The van der Waals surface area contributed by atoms with Crippen LogP contribution in [-0.4, -0.2) is 17.0 Å². The van der Waals surface area contributed by atoms with Crippen molar-refractivity contribution in [1.29, 1.82) is 0 Å². The largest absolute Gasteiger partial charge is 0.393 e. The van der Waals surface area contributed by atoms with Gasteiger partial charge in [0.05, 0.1) is 6.10 Å². The molecule has 0 radical (unpaired) electrons. The molecule has 1 N–H and O–H groups in total. The van der Waals surface area contributed by atoms with E-state index in [1.807, 2.05) is 6.08 Å². The summed E-state index contributed by atoms with van der Waals surface area (Å²) in [5.41, 5.74) is 0. The third-order valence-electron chi connectivity index (χ3n) is 2.97. The van der Waals surface area contributed by atoms with E-state index in [0.717, 1.165) is 6.42 Å². The van der Waals surface area contributed by atoms with Crippen LogP contribution in [0.3, 0.4) is 0 Å². The lowest BCUT2D eigenvalue weighted by Crippen LogP contribution is -2.01. The van der Waals surface area contributed by atoms with Crippen molar-refractivity contribution in [2.24, 2.45) is 5.92 Å². The molecule has 0 aromatic heterocycles. The number of carbonyl (C=O) groups is 1. The highest BCUT2D eigenvalue weighted by atomic mass is 16.3. The van der Waals surface area contributed by atoms with Gasteiger partial charge in [-0.2, -0.15) is 0 Å². The standard InChI is InChI=1S/C13H22O2/c1-2-3-4-5-6-7-8-11-9-12(14)10-13(11)15/h7-8,11-12,14H,2-6,9-10H2,1H3/b8-7+/t11-,12?/m1/s1. The highest BCUT2D eigenvalue weighted by Crippen LogP contribution is 2.23. The highest BCUT2D eigenvalue weighted by Gasteiger charge is 2.28. The van der Waals surface area contributed by atoms with E-state index in [4.69, 9.17) is 0 Å². The van der Waals surface area contributed by atoms with Gasteiger partial charge in [0.15, 0.2) is 0 Å². The predicted octanol–water partition coefficient (Wildman–Crippen LogP) is 2.85. The van der Waals surface area contributed by atoms with Crippen LogP contribution in [0.2, 0.25) is 0 Å². The number of rotatable bonds is 6. The Hall–Kier alpha value is -0.630. The number of hydrogen-bond donors (Lipinski definition) is 1. The molecule has 1 saturated carbocycles. The van der Waals surface area contributed by atoms with Crippen LogP contribution in [0.1, 0.15) is 51.9 Å². The SMILES string of the molecule is CCCCCC/C=C/[C@@H]1CC(O)CC1=O. The van der Waals surface area contributed by atoms with Crippen LogP contribution in [0.5, 0.6) is 0 Å². The van der Waals surface area contributed by atoms with Gasteiger partial charge in [0.25, 0.3) is 0 Å². The van der Waals surface area contributed by atoms with Crippen molar-refractivity contribution >= 4 is 5.78 Å². The lowest BCUT2D eigenvalue weighted by Gasteiger charge is -2.00. The molecule has 15 heavy (non-hydrogen) atoms. The number of Topliss-reactive ketones (excluding diaryl/α,β-unsaturated/α-hetero) is 1.